The summed E-state index contributed by atoms with van der Waals surface area (Å²) in [5.74, 6) is -0.984. The Balaban J connectivity index is 2.03. The van der Waals surface area contributed by atoms with Crippen LogP contribution in [-0.4, -0.2) is 29.3 Å². The number of halogens is 1. The zero-order valence-electron chi connectivity index (χ0n) is 11.9. The molecule has 0 unspecified atom stereocenters. The van der Waals surface area contributed by atoms with E-state index < -0.39 is 17.6 Å². The molecule has 0 radical (unpaired) electrons. The molecule has 1 aromatic heterocycles. The third-order valence-corrected chi connectivity index (χ3v) is 5.17. The molecule has 3 rings (SSSR count). The smallest absolute Gasteiger partial charge is 0.272 e. The molecule has 0 bridgehead atoms. The molecule has 0 atom stereocenters. The largest absolute Gasteiger partial charge is 0.396 e. The summed E-state index contributed by atoms with van der Waals surface area (Å²) >= 11 is 2.52. The number of benzene rings is 1. The third kappa shape index (κ3) is 2.95. The van der Waals surface area contributed by atoms with Crippen molar-refractivity contribution in [3.63, 3.8) is 0 Å². The Morgan fingerprint density at radius 3 is 2.48 bits per heavy atom. The maximum atomic E-state index is 13.1. The molecule has 0 spiro atoms. The van der Waals surface area contributed by atoms with Crippen LogP contribution in [-0.2, 0) is 9.59 Å². The molecule has 4 nitrogen and oxygen atoms in total. The molecular weight excluding hydrogens is 337 g/mol. The number of rotatable bonds is 5. The standard InChI is InChI=1S/C16H12FNO3S2/c17-10-3-5-11(6-4-10)18-15(20)13(12-2-1-8-22-12)14(16(18)21)23-9-7-19/h1-6,8,19H,7,9H2. The molecule has 118 valence electrons. The van der Waals surface area contributed by atoms with E-state index in [1.807, 2.05) is 5.38 Å². The monoisotopic (exact) mass is 349 g/mol. The summed E-state index contributed by atoms with van der Waals surface area (Å²) in [6.45, 7) is -0.0933. The lowest BCUT2D eigenvalue weighted by atomic mass is 10.2. The zero-order valence-corrected chi connectivity index (χ0v) is 13.5. The van der Waals surface area contributed by atoms with Gasteiger partial charge in [-0.25, -0.2) is 9.29 Å². The van der Waals surface area contributed by atoms with Crippen LogP contribution in [0.25, 0.3) is 5.57 Å². The van der Waals surface area contributed by atoms with Crippen molar-refractivity contribution >= 4 is 46.2 Å². The first kappa shape index (κ1) is 15.9. The highest BCUT2D eigenvalue weighted by Gasteiger charge is 2.40. The van der Waals surface area contributed by atoms with Crippen molar-refractivity contribution in [3.05, 3.63) is 57.4 Å². The quantitative estimate of drug-likeness (QED) is 0.844. The van der Waals surface area contributed by atoms with Crippen molar-refractivity contribution in [2.75, 3.05) is 17.3 Å². The normalized spacial score (nSPS) is 15.0. The third-order valence-electron chi connectivity index (χ3n) is 3.23. The summed E-state index contributed by atoms with van der Waals surface area (Å²) in [6, 6.07) is 8.80. The van der Waals surface area contributed by atoms with Gasteiger partial charge in [-0.3, -0.25) is 9.59 Å². The van der Waals surface area contributed by atoms with E-state index >= 15 is 0 Å². The van der Waals surface area contributed by atoms with Crippen molar-refractivity contribution in [3.8, 4) is 0 Å². The van der Waals surface area contributed by atoms with Crippen LogP contribution in [0.5, 0.6) is 0 Å². The molecule has 0 saturated heterocycles. The van der Waals surface area contributed by atoms with Gasteiger partial charge in [-0.15, -0.1) is 23.1 Å². The summed E-state index contributed by atoms with van der Waals surface area (Å²) in [6.07, 6.45) is 0. The maximum absolute atomic E-state index is 13.1. The fourth-order valence-corrected chi connectivity index (χ4v) is 3.94. The molecule has 2 amide bonds. The lowest BCUT2D eigenvalue weighted by Crippen LogP contribution is -2.31. The second-order valence-electron chi connectivity index (χ2n) is 4.68. The fourth-order valence-electron chi connectivity index (χ4n) is 2.25. The minimum absolute atomic E-state index is 0.0933. The van der Waals surface area contributed by atoms with Crippen LogP contribution < -0.4 is 4.90 Å². The Hall–Kier alpha value is -1.96. The molecule has 2 aromatic rings. The van der Waals surface area contributed by atoms with Gasteiger partial charge in [0.1, 0.15) is 5.82 Å². The number of aliphatic hydroxyl groups excluding tert-OH is 1. The highest BCUT2D eigenvalue weighted by atomic mass is 32.2. The average Bonchev–Trinajstić information content (AvgIpc) is 3.14. The predicted octanol–water partition coefficient (Wildman–Crippen LogP) is 2.90. The van der Waals surface area contributed by atoms with Gasteiger partial charge in [-0.05, 0) is 35.7 Å². The molecule has 2 heterocycles. The van der Waals surface area contributed by atoms with Crippen molar-refractivity contribution in [2.45, 2.75) is 0 Å². The number of imide groups is 1. The Bertz CT molecular complexity index is 769. The van der Waals surface area contributed by atoms with E-state index in [9.17, 15) is 14.0 Å². The predicted molar refractivity (Wildman–Crippen MR) is 89.7 cm³/mol. The van der Waals surface area contributed by atoms with Crippen LogP contribution in [0.3, 0.4) is 0 Å². The van der Waals surface area contributed by atoms with Crippen molar-refractivity contribution < 1.29 is 19.1 Å². The van der Waals surface area contributed by atoms with Gasteiger partial charge in [0.05, 0.1) is 22.8 Å². The summed E-state index contributed by atoms with van der Waals surface area (Å²) in [5, 5.41) is 10.8. The minimum atomic E-state index is -0.441. The highest BCUT2D eigenvalue weighted by Crippen LogP contribution is 2.39. The Morgan fingerprint density at radius 1 is 1.13 bits per heavy atom. The molecule has 1 aliphatic rings. The summed E-state index contributed by atoms with van der Waals surface area (Å²) in [4.78, 5) is 27.5. The van der Waals surface area contributed by atoms with Gasteiger partial charge in [0.2, 0.25) is 0 Å². The number of thiophene rings is 1. The van der Waals surface area contributed by atoms with Crippen LogP contribution >= 0.6 is 23.1 Å². The van der Waals surface area contributed by atoms with Crippen LogP contribution in [0, 0.1) is 5.82 Å². The molecule has 23 heavy (non-hydrogen) atoms. The number of hydrogen-bond donors (Lipinski definition) is 1. The second kappa shape index (κ2) is 6.66. The number of nitrogens with zero attached hydrogens (tertiary/aromatic N) is 1. The van der Waals surface area contributed by atoms with Crippen LogP contribution in [0.2, 0.25) is 0 Å². The van der Waals surface area contributed by atoms with Crippen molar-refractivity contribution in [1.29, 1.82) is 0 Å². The first-order valence-corrected chi connectivity index (χ1v) is 8.66. The number of hydrogen-bond acceptors (Lipinski definition) is 5. The average molecular weight is 349 g/mol. The molecule has 1 aromatic carbocycles. The molecule has 0 fully saturated rings. The first-order valence-electron chi connectivity index (χ1n) is 6.79. The number of thioether (sulfide) groups is 1. The van der Waals surface area contributed by atoms with E-state index in [0.29, 0.717) is 26.8 Å². The van der Waals surface area contributed by atoms with Gasteiger partial charge < -0.3 is 5.11 Å². The van der Waals surface area contributed by atoms with E-state index in [1.165, 1.54) is 35.6 Å². The van der Waals surface area contributed by atoms with Gasteiger partial charge in [-0.1, -0.05) is 6.07 Å². The minimum Gasteiger partial charge on any atom is -0.396 e. The lowest BCUT2D eigenvalue weighted by Gasteiger charge is -2.14. The van der Waals surface area contributed by atoms with Crippen LogP contribution in [0.4, 0.5) is 10.1 Å². The highest BCUT2D eigenvalue weighted by molar-refractivity contribution is 8.04. The van der Waals surface area contributed by atoms with E-state index in [0.717, 1.165) is 16.7 Å². The summed E-state index contributed by atoms with van der Waals surface area (Å²) in [5.41, 5.74) is 0.669. The molecule has 1 aliphatic heterocycles. The van der Waals surface area contributed by atoms with Crippen molar-refractivity contribution in [1.82, 2.24) is 0 Å². The maximum Gasteiger partial charge on any atom is 0.272 e. The lowest BCUT2D eigenvalue weighted by molar-refractivity contribution is -0.119. The van der Waals surface area contributed by atoms with Crippen LogP contribution in [0.1, 0.15) is 4.88 Å². The Labute approximate surface area is 140 Å². The Morgan fingerprint density at radius 2 is 1.87 bits per heavy atom. The fraction of sp³-hybridized carbons (Fsp3) is 0.125. The summed E-state index contributed by atoms with van der Waals surface area (Å²) in [7, 11) is 0. The molecule has 1 N–H and O–H groups in total. The van der Waals surface area contributed by atoms with E-state index in [4.69, 9.17) is 5.11 Å². The molecule has 7 heteroatoms. The second-order valence-corrected chi connectivity index (χ2v) is 6.73. The van der Waals surface area contributed by atoms with Gasteiger partial charge in [0.15, 0.2) is 0 Å². The number of amides is 2. The first-order chi connectivity index (χ1) is 11.1. The van der Waals surface area contributed by atoms with Gasteiger partial charge >= 0.3 is 0 Å². The number of anilines is 1. The number of carbonyl (C=O) groups is 2. The summed E-state index contributed by atoms with van der Waals surface area (Å²) < 4.78 is 13.1. The van der Waals surface area contributed by atoms with E-state index in [1.54, 1.807) is 12.1 Å². The van der Waals surface area contributed by atoms with E-state index in [-0.39, 0.29) is 6.61 Å². The SMILES string of the molecule is O=C1C(SCCO)=C(c2cccs2)C(=O)N1c1ccc(F)cc1. The number of carbonyl (C=O) groups excluding carboxylic acids is 2. The van der Waals surface area contributed by atoms with Crippen LogP contribution in [0.15, 0.2) is 46.7 Å². The Kier molecular flexibility index (Phi) is 4.61. The van der Waals surface area contributed by atoms with Gasteiger partial charge in [0.25, 0.3) is 11.8 Å². The molecule has 0 saturated carbocycles. The molecule has 0 aliphatic carbocycles. The zero-order chi connectivity index (χ0) is 16.4. The topological polar surface area (TPSA) is 57.6 Å². The van der Waals surface area contributed by atoms with Crippen molar-refractivity contribution in [2.24, 2.45) is 0 Å². The number of aliphatic hydroxyl groups is 1. The molecular formula is C16H12FNO3S2. The van der Waals surface area contributed by atoms with Gasteiger partial charge in [0, 0.05) is 10.6 Å². The van der Waals surface area contributed by atoms with E-state index in [2.05, 4.69) is 0 Å². The van der Waals surface area contributed by atoms with Gasteiger partial charge in [-0.2, -0.15) is 0 Å².